The van der Waals surface area contributed by atoms with Crippen LogP contribution in [0.25, 0.3) is 0 Å². The summed E-state index contributed by atoms with van der Waals surface area (Å²) in [5.74, 6) is -1.39. The molecule has 8 heteroatoms. The lowest BCUT2D eigenvalue weighted by molar-refractivity contribution is -0.119. The van der Waals surface area contributed by atoms with E-state index in [1.165, 1.54) is 12.4 Å². The van der Waals surface area contributed by atoms with E-state index in [-0.39, 0.29) is 29.8 Å². The molecule has 2 N–H and O–H groups in total. The highest BCUT2D eigenvalue weighted by atomic mass is 32.1. The Morgan fingerprint density at radius 2 is 2.17 bits per heavy atom. The molecular formula is C10H13N3O4S. The van der Waals surface area contributed by atoms with E-state index in [1.54, 1.807) is 6.92 Å². The Labute approximate surface area is 108 Å². The van der Waals surface area contributed by atoms with E-state index < -0.39 is 11.9 Å². The molecule has 18 heavy (non-hydrogen) atoms. The van der Waals surface area contributed by atoms with Crippen molar-refractivity contribution in [1.82, 2.24) is 15.6 Å². The number of esters is 1. The van der Waals surface area contributed by atoms with Crippen LogP contribution >= 0.6 is 11.3 Å². The molecule has 2 amide bonds. The minimum absolute atomic E-state index is 0.0898. The third-order valence-electron chi connectivity index (χ3n) is 1.88. The lowest BCUT2D eigenvalue weighted by Gasteiger charge is -2.01. The summed E-state index contributed by atoms with van der Waals surface area (Å²) in [4.78, 5) is 37.6. The molecule has 0 bridgehead atoms. The smallest absolute Gasteiger partial charge is 0.367 e. The lowest BCUT2D eigenvalue weighted by atomic mass is 10.4. The van der Waals surface area contributed by atoms with Gasteiger partial charge in [-0.3, -0.25) is 9.59 Å². The first-order chi connectivity index (χ1) is 8.58. The summed E-state index contributed by atoms with van der Waals surface area (Å²) in [6.07, 6.45) is 0. The van der Waals surface area contributed by atoms with Crippen LogP contribution in [0.3, 0.4) is 0 Å². The van der Waals surface area contributed by atoms with Crippen molar-refractivity contribution in [2.24, 2.45) is 0 Å². The van der Waals surface area contributed by atoms with Crippen molar-refractivity contribution >= 4 is 29.1 Å². The van der Waals surface area contributed by atoms with Gasteiger partial charge in [0.25, 0.3) is 5.91 Å². The number of likely N-dealkylation sites (N-methyl/N-ethyl adjacent to an activating group) is 1. The van der Waals surface area contributed by atoms with Crippen LogP contribution in [0.1, 0.15) is 27.2 Å². The number of carbonyl (C=O) groups excluding carboxylic acids is 3. The maximum Gasteiger partial charge on any atom is 0.367 e. The molecule has 0 aliphatic rings. The highest BCUT2D eigenvalue weighted by molar-refractivity contribution is 7.11. The molecule has 0 aromatic carbocycles. The Bertz CT molecular complexity index is 458. The fraction of sp³-hybridized carbons (Fsp3) is 0.400. The Morgan fingerprint density at radius 1 is 1.44 bits per heavy atom. The number of hydrogen-bond acceptors (Lipinski definition) is 6. The predicted molar refractivity (Wildman–Crippen MR) is 64.5 cm³/mol. The summed E-state index contributed by atoms with van der Waals surface area (Å²) >= 11 is 1.02. The van der Waals surface area contributed by atoms with Gasteiger partial charge in [-0.05, 0) is 6.92 Å². The summed E-state index contributed by atoms with van der Waals surface area (Å²) in [5.41, 5.74) is 0.0898. The van der Waals surface area contributed by atoms with Crippen LogP contribution in [0.2, 0.25) is 0 Å². The van der Waals surface area contributed by atoms with Gasteiger partial charge in [-0.1, -0.05) is 0 Å². The van der Waals surface area contributed by atoms with Crippen molar-refractivity contribution in [3.63, 3.8) is 0 Å². The molecule has 0 saturated heterocycles. The minimum Gasteiger partial charge on any atom is -0.461 e. The number of thiazole rings is 1. The van der Waals surface area contributed by atoms with E-state index in [9.17, 15) is 14.4 Å². The van der Waals surface area contributed by atoms with Gasteiger partial charge in [-0.2, -0.15) is 0 Å². The average molecular weight is 271 g/mol. The third-order valence-corrected chi connectivity index (χ3v) is 2.70. The quantitative estimate of drug-likeness (QED) is 0.722. The Hall–Kier alpha value is -1.96. The van der Waals surface area contributed by atoms with Crippen LogP contribution in [0, 0.1) is 0 Å². The van der Waals surface area contributed by atoms with Crippen molar-refractivity contribution < 1.29 is 19.1 Å². The zero-order valence-electron chi connectivity index (χ0n) is 9.98. The van der Waals surface area contributed by atoms with Crippen molar-refractivity contribution in [2.45, 2.75) is 6.92 Å². The van der Waals surface area contributed by atoms with Gasteiger partial charge in [0.2, 0.25) is 10.9 Å². The number of hydrogen-bond donors (Lipinski definition) is 2. The Kier molecular flexibility index (Phi) is 5.25. The molecule has 0 aliphatic carbocycles. The molecule has 0 spiro atoms. The van der Waals surface area contributed by atoms with E-state index in [2.05, 4.69) is 15.6 Å². The lowest BCUT2D eigenvalue weighted by Crippen LogP contribution is -2.35. The molecule has 0 radical (unpaired) electrons. The number of amides is 2. The maximum absolute atomic E-state index is 11.6. The van der Waals surface area contributed by atoms with E-state index in [1.807, 2.05) is 0 Å². The first-order valence-electron chi connectivity index (χ1n) is 5.20. The van der Waals surface area contributed by atoms with Gasteiger partial charge in [0.1, 0.15) is 5.69 Å². The molecule has 1 aromatic heterocycles. The second-order valence-electron chi connectivity index (χ2n) is 3.11. The molecule has 0 unspecified atom stereocenters. The van der Waals surface area contributed by atoms with Gasteiger partial charge in [-0.25, -0.2) is 9.78 Å². The van der Waals surface area contributed by atoms with Gasteiger partial charge in [0.05, 0.1) is 13.2 Å². The molecule has 0 fully saturated rings. The highest BCUT2D eigenvalue weighted by Crippen LogP contribution is 2.10. The number of rotatable bonds is 5. The summed E-state index contributed by atoms with van der Waals surface area (Å²) in [6.45, 7) is 1.79. The van der Waals surface area contributed by atoms with E-state index in [0.717, 1.165) is 11.3 Å². The first kappa shape index (κ1) is 14.1. The zero-order chi connectivity index (χ0) is 13.5. The van der Waals surface area contributed by atoms with Crippen LogP contribution in [0.5, 0.6) is 0 Å². The molecule has 98 valence electrons. The monoisotopic (exact) mass is 271 g/mol. The van der Waals surface area contributed by atoms with Gasteiger partial charge >= 0.3 is 5.97 Å². The summed E-state index contributed by atoms with van der Waals surface area (Å²) in [7, 11) is 1.47. The van der Waals surface area contributed by atoms with E-state index >= 15 is 0 Å². The van der Waals surface area contributed by atoms with Crippen molar-refractivity contribution in [3.8, 4) is 0 Å². The molecular weight excluding hydrogens is 258 g/mol. The van der Waals surface area contributed by atoms with Crippen molar-refractivity contribution in [2.75, 3.05) is 20.2 Å². The largest absolute Gasteiger partial charge is 0.461 e. The van der Waals surface area contributed by atoms with Gasteiger partial charge < -0.3 is 15.4 Å². The summed E-state index contributed by atoms with van der Waals surface area (Å²) < 4.78 is 4.75. The van der Waals surface area contributed by atoms with E-state index in [0.29, 0.717) is 0 Å². The summed E-state index contributed by atoms with van der Waals surface area (Å²) in [6, 6.07) is 0. The standard InChI is InChI=1S/C10H13N3O4S/c1-3-17-10(16)9-13-6(5-18-9)8(15)12-4-7(14)11-2/h5H,3-4H2,1-2H3,(H,11,14)(H,12,15). The van der Waals surface area contributed by atoms with Gasteiger partial charge in [0.15, 0.2) is 0 Å². The summed E-state index contributed by atoms with van der Waals surface area (Å²) in [5, 5.41) is 6.29. The fourth-order valence-electron chi connectivity index (χ4n) is 1.00. The van der Waals surface area contributed by atoms with Gasteiger partial charge in [0, 0.05) is 12.4 Å². The fourth-order valence-corrected chi connectivity index (χ4v) is 1.69. The van der Waals surface area contributed by atoms with Crippen LogP contribution < -0.4 is 10.6 Å². The molecule has 1 rings (SSSR count). The van der Waals surface area contributed by atoms with Crippen molar-refractivity contribution in [1.29, 1.82) is 0 Å². The molecule has 0 aliphatic heterocycles. The first-order valence-corrected chi connectivity index (χ1v) is 6.07. The second kappa shape index (κ2) is 6.70. The number of carbonyl (C=O) groups is 3. The SMILES string of the molecule is CCOC(=O)c1nc(C(=O)NCC(=O)NC)cs1. The second-order valence-corrected chi connectivity index (χ2v) is 3.97. The van der Waals surface area contributed by atoms with Crippen LogP contribution in [-0.4, -0.2) is 43.0 Å². The topological polar surface area (TPSA) is 97.4 Å². The Balaban J connectivity index is 2.59. The maximum atomic E-state index is 11.6. The van der Waals surface area contributed by atoms with Crippen LogP contribution in [0.4, 0.5) is 0 Å². The van der Waals surface area contributed by atoms with Crippen LogP contribution in [-0.2, 0) is 9.53 Å². The average Bonchev–Trinajstić information content (AvgIpc) is 2.85. The van der Waals surface area contributed by atoms with Crippen molar-refractivity contribution in [3.05, 3.63) is 16.1 Å². The highest BCUT2D eigenvalue weighted by Gasteiger charge is 2.16. The van der Waals surface area contributed by atoms with E-state index in [4.69, 9.17) is 4.74 Å². The Morgan fingerprint density at radius 3 is 2.78 bits per heavy atom. The zero-order valence-corrected chi connectivity index (χ0v) is 10.8. The molecule has 1 aromatic rings. The molecule has 7 nitrogen and oxygen atoms in total. The number of nitrogens with one attached hydrogen (secondary N) is 2. The number of nitrogens with zero attached hydrogens (tertiary/aromatic N) is 1. The molecule has 0 saturated carbocycles. The third kappa shape index (κ3) is 3.81. The minimum atomic E-state index is -0.562. The van der Waals surface area contributed by atoms with Gasteiger partial charge in [-0.15, -0.1) is 11.3 Å². The predicted octanol–water partition coefficient (Wildman–Crippen LogP) is -0.204. The van der Waals surface area contributed by atoms with Crippen LogP contribution in [0.15, 0.2) is 5.38 Å². The molecule has 1 heterocycles. The number of ether oxygens (including phenoxy) is 1. The number of aromatic nitrogens is 1. The molecule has 0 atom stereocenters. The normalized spacial score (nSPS) is 9.67.